The van der Waals surface area contributed by atoms with E-state index < -0.39 is 0 Å². The summed E-state index contributed by atoms with van der Waals surface area (Å²) in [7, 11) is 0. The summed E-state index contributed by atoms with van der Waals surface area (Å²) in [6.07, 6.45) is 0. The maximum atomic E-state index is 11.9. The zero-order valence-electron chi connectivity index (χ0n) is 11.8. The molecule has 1 aromatic heterocycles. The number of amides is 1. The van der Waals surface area contributed by atoms with Crippen LogP contribution in [-0.4, -0.2) is 25.7 Å². The van der Waals surface area contributed by atoms with Crippen LogP contribution in [0.4, 0.5) is 5.69 Å². The molecule has 0 saturated carbocycles. The molecule has 2 N–H and O–H groups in total. The van der Waals surface area contributed by atoms with Gasteiger partial charge in [-0.3, -0.25) is 4.79 Å². The van der Waals surface area contributed by atoms with Crippen molar-refractivity contribution in [1.29, 1.82) is 0 Å². The largest absolute Gasteiger partial charge is 0.486 e. The lowest BCUT2D eigenvalue weighted by atomic mass is 10.2. The number of hydrogen-bond acceptors (Lipinski definition) is 5. The van der Waals surface area contributed by atoms with Gasteiger partial charge < -0.3 is 20.1 Å². The van der Waals surface area contributed by atoms with Gasteiger partial charge in [-0.15, -0.1) is 23.7 Å². The molecule has 0 unspecified atom stereocenters. The van der Waals surface area contributed by atoms with Gasteiger partial charge in [0, 0.05) is 23.2 Å². The Kier molecular flexibility index (Phi) is 6.06. The molecule has 1 aromatic carbocycles. The van der Waals surface area contributed by atoms with Crippen LogP contribution in [0.5, 0.6) is 11.5 Å². The summed E-state index contributed by atoms with van der Waals surface area (Å²) in [4.78, 5) is 13.1. The molecule has 118 valence electrons. The van der Waals surface area contributed by atoms with Crippen molar-refractivity contribution in [2.24, 2.45) is 0 Å². The van der Waals surface area contributed by atoms with Crippen molar-refractivity contribution >= 4 is 35.3 Å². The first-order chi connectivity index (χ1) is 10.3. The molecular formula is C15H17ClN2O3S. The van der Waals surface area contributed by atoms with Gasteiger partial charge >= 0.3 is 0 Å². The van der Waals surface area contributed by atoms with Gasteiger partial charge in [-0.1, -0.05) is 6.07 Å². The third kappa shape index (κ3) is 4.37. The van der Waals surface area contributed by atoms with Gasteiger partial charge in [0.1, 0.15) is 13.2 Å². The third-order valence-electron chi connectivity index (χ3n) is 2.99. The normalized spacial score (nSPS) is 12.4. The Morgan fingerprint density at radius 3 is 2.77 bits per heavy atom. The molecule has 2 heterocycles. The number of carbonyl (C=O) groups excluding carboxylic acids is 1. The number of fused-ring (bicyclic) bond motifs is 1. The van der Waals surface area contributed by atoms with Gasteiger partial charge in [0.15, 0.2) is 11.5 Å². The lowest BCUT2D eigenvalue weighted by Crippen LogP contribution is -2.27. The molecule has 0 fully saturated rings. The van der Waals surface area contributed by atoms with Crippen LogP contribution < -0.4 is 20.1 Å². The van der Waals surface area contributed by atoms with E-state index in [4.69, 9.17) is 9.47 Å². The van der Waals surface area contributed by atoms with Crippen LogP contribution in [-0.2, 0) is 11.3 Å². The average molecular weight is 341 g/mol. The van der Waals surface area contributed by atoms with Crippen LogP contribution in [0.25, 0.3) is 0 Å². The maximum Gasteiger partial charge on any atom is 0.238 e. The zero-order chi connectivity index (χ0) is 14.5. The van der Waals surface area contributed by atoms with E-state index in [1.165, 1.54) is 4.88 Å². The van der Waals surface area contributed by atoms with E-state index in [0.717, 1.165) is 5.75 Å². The summed E-state index contributed by atoms with van der Waals surface area (Å²) in [6, 6.07) is 9.44. The number of hydrogen-bond donors (Lipinski definition) is 2. The van der Waals surface area contributed by atoms with Gasteiger partial charge in [0.25, 0.3) is 0 Å². The van der Waals surface area contributed by atoms with E-state index in [1.54, 1.807) is 17.4 Å². The second-order valence-electron chi connectivity index (χ2n) is 4.59. The summed E-state index contributed by atoms with van der Waals surface area (Å²) < 4.78 is 10.9. The predicted molar refractivity (Wildman–Crippen MR) is 89.3 cm³/mol. The molecule has 0 aliphatic carbocycles. The van der Waals surface area contributed by atoms with Crippen molar-refractivity contribution in [3.63, 3.8) is 0 Å². The van der Waals surface area contributed by atoms with Gasteiger partial charge in [-0.05, 0) is 23.6 Å². The Hall–Kier alpha value is -1.76. The first-order valence-electron chi connectivity index (χ1n) is 6.74. The first-order valence-corrected chi connectivity index (χ1v) is 7.62. The van der Waals surface area contributed by atoms with Crippen molar-refractivity contribution in [3.8, 4) is 11.5 Å². The van der Waals surface area contributed by atoms with Crippen LogP contribution >= 0.6 is 23.7 Å². The molecule has 0 saturated heterocycles. The van der Waals surface area contributed by atoms with E-state index >= 15 is 0 Å². The Labute approximate surface area is 139 Å². The highest BCUT2D eigenvalue weighted by Crippen LogP contribution is 2.32. The Morgan fingerprint density at radius 2 is 2.00 bits per heavy atom. The minimum Gasteiger partial charge on any atom is -0.486 e. The number of benzene rings is 1. The lowest BCUT2D eigenvalue weighted by molar-refractivity contribution is -0.115. The van der Waals surface area contributed by atoms with Crippen molar-refractivity contribution in [2.45, 2.75) is 6.54 Å². The molecule has 7 heteroatoms. The smallest absolute Gasteiger partial charge is 0.238 e. The van der Waals surface area contributed by atoms with E-state index in [0.29, 0.717) is 31.2 Å². The van der Waals surface area contributed by atoms with Crippen LogP contribution in [0.3, 0.4) is 0 Å². The van der Waals surface area contributed by atoms with Gasteiger partial charge in [-0.25, -0.2) is 0 Å². The average Bonchev–Trinajstić information content (AvgIpc) is 3.00. The van der Waals surface area contributed by atoms with Gasteiger partial charge in [0.05, 0.1) is 6.54 Å². The van der Waals surface area contributed by atoms with Gasteiger partial charge in [-0.2, -0.15) is 0 Å². The fourth-order valence-corrected chi connectivity index (χ4v) is 2.71. The summed E-state index contributed by atoms with van der Waals surface area (Å²) in [5.74, 6) is 1.31. The molecule has 0 atom stereocenters. The van der Waals surface area contributed by atoms with Crippen LogP contribution in [0.2, 0.25) is 0 Å². The van der Waals surface area contributed by atoms with Gasteiger partial charge in [0.2, 0.25) is 5.91 Å². The number of thiophene rings is 1. The lowest BCUT2D eigenvalue weighted by Gasteiger charge is -2.19. The van der Waals surface area contributed by atoms with Crippen molar-refractivity contribution in [3.05, 3.63) is 40.6 Å². The third-order valence-corrected chi connectivity index (χ3v) is 3.87. The quantitative estimate of drug-likeness (QED) is 0.878. The standard InChI is InChI=1S/C15H16N2O3S.ClH/c18-15(10-16-9-12-2-1-7-21-12)17-11-3-4-13-14(8-11)20-6-5-19-13;/h1-4,7-8,16H,5-6,9-10H2,(H,17,18);1H. The summed E-state index contributed by atoms with van der Waals surface area (Å²) in [5, 5.41) is 7.97. The molecule has 0 spiro atoms. The Morgan fingerprint density at radius 1 is 1.18 bits per heavy atom. The van der Waals surface area contributed by atoms with E-state index in [1.807, 2.05) is 29.6 Å². The number of rotatable bonds is 5. The van der Waals surface area contributed by atoms with Crippen LogP contribution in [0, 0.1) is 0 Å². The van der Waals surface area contributed by atoms with Crippen LogP contribution in [0.1, 0.15) is 4.88 Å². The molecule has 2 aromatic rings. The molecule has 0 radical (unpaired) electrons. The highest BCUT2D eigenvalue weighted by Gasteiger charge is 2.12. The van der Waals surface area contributed by atoms with E-state index in [2.05, 4.69) is 10.6 Å². The zero-order valence-corrected chi connectivity index (χ0v) is 13.5. The minimum atomic E-state index is -0.0803. The maximum absolute atomic E-state index is 11.9. The number of halogens is 1. The van der Waals surface area contributed by atoms with Crippen molar-refractivity contribution in [2.75, 3.05) is 25.1 Å². The van der Waals surface area contributed by atoms with Crippen molar-refractivity contribution in [1.82, 2.24) is 5.32 Å². The highest BCUT2D eigenvalue weighted by molar-refractivity contribution is 7.09. The Bertz CT molecular complexity index is 619. The monoisotopic (exact) mass is 340 g/mol. The Balaban J connectivity index is 0.00000176. The highest BCUT2D eigenvalue weighted by atomic mass is 35.5. The molecule has 22 heavy (non-hydrogen) atoms. The molecule has 5 nitrogen and oxygen atoms in total. The molecular weight excluding hydrogens is 324 g/mol. The fraction of sp³-hybridized carbons (Fsp3) is 0.267. The van der Waals surface area contributed by atoms with Crippen LogP contribution in [0.15, 0.2) is 35.7 Å². The van der Waals surface area contributed by atoms with E-state index in [-0.39, 0.29) is 24.9 Å². The summed E-state index contributed by atoms with van der Waals surface area (Å²) in [5.41, 5.74) is 0.710. The summed E-state index contributed by atoms with van der Waals surface area (Å²) in [6.45, 7) is 2.07. The second kappa shape index (κ2) is 8.03. The number of carbonyl (C=O) groups is 1. The van der Waals surface area contributed by atoms with Crippen molar-refractivity contribution < 1.29 is 14.3 Å². The number of nitrogens with one attached hydrogen (secondary N) is 2. The SMILES string of the molecule is Cl.O=C(CNCc1cccs1)Nc1ccc2c(c1)OCCO2. The molecule has 3 rings (SSSR count). The molecule has 1 amide bonds. The topological polar surface area (TPSA) is 59.6 Å². The second-order valence-corrected chi connectivity index (χ2v) is 5.62. The first kappa shape index (κ1) is 16.6. The number of anilines is 1. The molecule has 1 aliphatic rings. The summed E-state index contributed by atoms with van der Waals surface area (Å²) >= 11 is 1.67. The van der Waals surface area contributed by atoms with E-state index in [9.17, 15) is 4.79 Å². The minimum absolute atomic E-state index is 0. The molecule has 0 bridgehead atoms. The fourth-order valence-electron chi connectivity index (χ4n) is 2.04. The molecule has 1 aliphatic heterocycles. The predicted octanol–water partition coefficient (Wildman–Crippen LogP) is 2.67. The number of ether oxygens (including phenoxy) is 2.